The summed E-state index contributed by atoms with van der Waals surface area (Å²) in [6.45, 7) is 5.58. The molecule has 1 saturated heterocycles. The lowest BCUT2D eigenvalue weighted by Gasteiger charge is -2.26. The molecule has 0 radical (unpaired) electrons. The van der Waals surface area contributed by atoms with E-state index < -0.39 is 10.0 Å². The Morgan fingerprint density at radius 1 is 1.07 bits per heavy atom. The Bertz CT molecular complexity index is 1120. The van der Waals surface area contributed by atoms with E-state index in [9.17, 15) is 8.42 Å². The van der Waals surface area contributed by atoms with Crippen LogP contribution in [0.1, 0.15) is 12.5 Å². The number of benzene rings is 2. The van der Waals surface area contributed by atoms with Crippen molar-refractivity contribution in [1.29, 1.82) is 0 Å². The number of nitrogens with zero attached hydrogens (tertiary/aromatic N) is 4. The van der Waals surface area contributed by atoms with E-state index in [-0.39, 0.29) is 4.90 Å². The third kappa shape index (κ3) is 4.02. The maximum absolute atomic E-state index is 13.2. The van der Waals surface area contributed by atoms with Crippen LogP contribution >= 0.6 is 11.8 Å². The summed E-state index contributed by atoms with van der Waals surface area (Å²) in [5.74, 6) is 1.49. The molecule has 0 spiro atoms. The Labute approximate surface area is 181 Å². The van der Waals surface area contributed by atoms with Gasteiger partial charge in [-0.1, -0.05) is 43.0 Å². The van der Waals surface area contributed by atoms with Crippen molar-refractivity contribution >= 4 is 21.8 Å². The van der Waals surface area contributed by atoms with Crippen LogP contribution in [0.5, 0.6) is 0 Å². The highest BCUT2D eigenvalue weighted by Crippen LogP contribution is 2.31. The van der Waals surface area contributed by atoms with E-state index >= 15 is 0 Å². The lowest BCUT2D eigenvalue weighted by atomic mass is 10.1. The van der Waals surface area contributed by atoms with Gasteiger partial charge in [-0.25, -0.2) is 8.42 Å². The van der Waals surface area contributed by atoms with Crippen LogP contribution in [0, 0.1) is 6.92 Å². The zero-order valence-electron chi connectivity index (χ0n) is 17.0. The molecular weight excluding hydrogens is 420 g/mol. The second kappa shape index (κ2) is 8.89. The predicted molar refractivity (Wildman–Crippen MR) is 118 cm³/mol. The number of rotatable bonds is 6. The summed E-state index contributed by atoms with van der Waals surface area (Å²) in [5.41, 5.74) is 2.63. The van der Waals surface area contributed by atoms with Gasteiger partial charge in [-0.3, -0.25) is 4.57 Å². The standard InChI is InChI=1S/C21H24N4O3S2/c1-3-29-21-23-22-20(25(21)17-7-5-4-6-8-17)19-15-18(10-9-16(19)2)30(26,27)24-11-13-28-14-12-24/h4-10,15H,3,11-14H2,1-2H3. The van der Waals surface area contributed by atoms with Crippen LogP contribution in [0.25, 0.3) is 17.1 Å². The second-order valence-corrected chi connectivity index (χ2v) is 10.1. The summed E-state index contributed by atoms with van der Waals surface area (Å²) >= 11 is 1.60. The molecule has 158 valence electrons. The molecule has 0 bridgehead atoms. The SMILES string of the molecule is CCSc1nnc(-c2cc(S(=O)(=O)N3CCOCC3)ccc2C)n1-c1ccccc1. The predicted octanol–water partition coefficient (Wildman–Crippen LogP) is 3.38. The Hall–Kier alpha value is -2.20. The molecule has 2 aromatic carbocycles. The van der Waals surface area contributed by atoms with E-state index in [1.54, 1.807) is 23.9 Å². The lowest BCUT2D eigenvalue weighted by molar-refractivity contribution is 0.0730. The van der Waals surface area contributed by atoms with Crippen LogP contribution in [-0.4, -0.2) is 59.5 Å². The topological polar surface area (TPSA) is 77.3 Å². The van der Waals surface area contributed by atoms with Crippen LogP contribution < -0.4 is 0 Å². The van der Waals surface area contributed by atoms with Crippen molar-refractivity contribution in [3.63, 3.8) is 0 Å². The summed E-state index contributed by atoms with van der Waals surface area (Å²) in [7, 11) is -3.60. The van der Waals surface area contributed by atoms with Crippen molar-refractivity contribution in [2.24, 2.45) is 0 Å². The van der Waals surface area contributed by atoms with Gasteiger partial charge >= 0.3 is 0 Å². The van der Waals surface area contributed by atoms with Gasteiger partial charge in [0.15, 0.2) is 11.0 Å². The summed E-state index contributed by atoms with van der Waals surface area (Å²) in [5, 5.41) is 9.60. The van der Waals surface area contributed by atoms with Crippen LogP contribution in [0.3, 0.4) is 0 Å². The molecule has 30 heavy (non-hydrogen) atoms. The smallest absolute Gasteiger partial charge is 0.243 e. The normalized spacial score (nSPS) is 15.4. The summed E-state index contributed by atoms with van der Waals surface area (Å²) in [4.78, 5) is 0.261. The average Bonchev–Trinajstić information content (AvgIpc) is 3.19. The van der Waals surface area contributed by atoms with Gasteiger partial charge in [-0.2, -0.15) is 4.31 Å². The van der Waals surface area contributed by atoms with Gasteiger partial charge in [0.05, 0.1) is 18.1 Å². The molecule has 1 aliphatic heterocycles. The maximum Gasteiger partial charge on any atom is 0.243 e. The van der Waals surface area contributed by atoms with Gasteiger partial charge in [-0.15, -0.1) is 10.2 Å². The Morgan fingerprint density at radius 2 is 1.80 bits per heavy atom. The summed E-state index contributed by atoms with van der Waals surface area (Å²) in [6.07, 6.45) is 0. The van der Waals surface area contributed by atoms with Crippen LogP contribution in [0.2, 0.25) is 0 Å². The number of aromatic nitrogens is 3. The van der Waals surface area contributed by atoms with Crippen LogP contribution in [-0.2, 0) is 14.8 Å². The van der Waals surface area contributed by atoms with E-state index in [0.717, 1.165) is 27.7 Å². The maximum atomic E-state index is 13.2. The molecule has 0 unspecified atom stereocenters. The first-order valence-electron chi connectivity index (χ1n) is 9.85. The van der Waals surface area contributed by atoms with E-state index in [2.05, 4.69) is 17.1 Å². The minimum absolute atomic E-state index is 0.261. The lowest BCUT2D eigenvalue weighted by Crippen LogP contribution is -2.40. The Kier molecular flexibility index (Phi) is 6.24. The molecule has 4 rings (SSSR count). The highest BCUT2D eigenvalue weighted by molar-refractivity contribution is 7.99. The van der Waals surface area contributed by atoms with Gasteiger partial charge in [0.1, 0.15) is 0 Å². The number of para-hydroxylation sites is 1. The van der Waals surface area contributed by atoms with Crippen molar-refractivity contribution < 1.29 is 13.2 Å². The summed E-state index contributed by atoms with van der Waals surface area (Å²) in [6, 6.07) is 15.1. The molecule has 3 aromatic rings. The van der Waals surface area contributed by atoms with Crippen molar-refractivity contribution in [1.82, 2.24) is 19.1 Å². The fourth-order valence-corrected chi connectivity index (χ4v) is 5.53. The fourth-order valence-electron chi connectivity index (χ4n) is 3.42. The molecule has 0 N–H and O–H groups in total. The number of hydrogen-bond acceptors (Lipinski definition) is 6. The molecule has 0 atom stereocenters. The van der Waals surface area contributed by atoms with Crippen molar-refractivity contribution in [3.05, 3.63) is 54.1 Å². The van der Waals surface area contributed by atoms with E-state index in [4.69, 9.17) is 4.74 Å². The Balaban J connectivity index is 1.83. The van der Waals surface area contributed by atoms with Gasteiger partial charge in [0, 0.05) is 24.3 Å². The average molecular weight is 445 g/mol. The third-order valence-corrected chi connectivity index (χ3v) is 7.68. The minimum atomic E-state index is -3.60. The zero-order chi connectivity index (χ0) is 21.1. The molecule has 0 aliphatic carbocycles. The fraction of sp³-hybridized carbons (Fsp3) is 0.333. The molecule has 7 nitrogen and oxygen atoms in total. The largest absolute Gasteiger partial charge is 0.379 e. The third-order valence-electron chi connectivity index (χ3n) is 4.98. The second-order valence-electron chi connectivity index (χ2n) is 6.90. The first-order chi connectivity index (χ1) is 14.5. The number of aryl methyl sites for hydroxylation is 1. The van der Waals surface area contributed by atoms with Gasteiger partial charge in [0.25, 0.3) is 0 Å². The van der Waals surface area contributed by atoms with E-state index in [1.807, 2.05) is 47.9 Å². The van der Waals surface area contributed by atoms with E-state index in [1.165, 1.54) is 4.31 Å². The summed E-state index contributed by atoms with van der Waals surface area (Å²) < 4.78 is 35.1. The first kappa shape index (κ1) is 21.0. The number of hydrogen-bond donors (Lipinski definition) is 0. The first-order valence-corrected chi connectivity index (χ1v) is 12.3. The number of sulfonamides is 1. The molecule has 1 fully saturated rings. The number of ether oxygens (including phenoxy) is 1. The van der Waals surface area contributed by atoms with E-state index in [0.29, 0.717) is 32.1 Å². The van der Waals surface area contributed by atoms with Crippen LogP contribution in [0.15, 0.2) is 58.6 Å². The quantitative estimate of drug-likeness (QED) is 0.543. The number of thioether (sulfide) groups is 1. The van der Waals surface area contributed by atoms with Crippen molar-refractivity contribution in [2.45, 2.75) is 23.9 Å². The van der Waals surface area contributed by atoms with Crippen LogP contribution in [0.4, 0.5) is 0 Å². The van der Waals surface area contributed by atoms with Crippen molar-refractivity contribution in [2.75, 3.05) is 32.1 Å². The Morgan fingerprint density at radius 3 is 2.50 bits per heavy atom. The monoisotopic (exact) mass is 444 g/mol. The van der Waals surface area contributed by atoms with Gasteiger partial charge < -0.3 is 4.74 Å². The molecule has 9 heteroatoms. The van der Waals surface area contributed by atoms with Gasteiger partial charge in [-0.05, 0) is 42.5 Å². The molecular formula is C21H24N4O3S2. The minimum Gasteiger partial charge on any atom is -0.379 e. The molecule has 2 heterocycles. The van der Waals surface area contributed by atoms with Crippen molar-refractivity contribution in [3.8, 4) is 17.1 Å². The zero-order valence-corrected chi connectivity index (χ0v) is 18.6. The molecule has 0 amide bonds. The highest BCUT2D eigenvalue weighted by atomic mass is 32.2. The highest BCUT2D eigenvalue weighted by Gasteiger charge is 2.27. The van der Waals surface area contributed by atoms with Gasteiger partial charge in [0.2, 0.25) is 10.0 Å². The molecule has 1 aromatic heterocycles. The number of morpholine rings is 1. The molecule has 0 saturated carbocycles. The molecule has 1 aliphatic rings.